The maximum atomic E-state index is 12.6. The van der Waals surface area contributed by atoms with Crippen LogP contribution in [0.2, 0.25) is 0 Å². The first-order valence-corrected chi connectivity index (χ1v) is 12.7. The van der Waals surface area contributed by atoms with Crippen LogP contribution in [0.1, 0.15) is 36.5 Å². The summed E-state index contributed by atoms with van der Waals surface area (Å²) in [5, 5.41) is 0. The number of nitrogens with one attached hydrogen (secondary N) is 1. The van der Waals surface area contributed by atoms with Crippen molar-refractivity contribution in [1.82, 2.24) is 0 Å². The number of hydrogen-bond acceptors (Lipinski definition) is 4. The van der Waals surface area contributed by atoms with Gasteiger partial charge in [0.2, 0.25) is 20.0 Å². The topological polar surface area (TPSA) is 83.6 Å². The fourth-order valence-electron chi connectivity index (χ4n) is 3.38. The molecule has 0 unspecified atom stereocenters. The number of aryl methyl sites for hydroxylation is 2. The van der Waals surface area contributed by atoms with Crippen LogP contribution in [0, 0.1) is 6.92 Å². The van der Waals surface area contributed by atoms with Gasteiger partial charge >= 0.3 is 0 Å². The Kier molecular flexibility index (Phi) is 6.00. The minimum absolute atomic E-state index is 0.0792. The second-order valence-corrected chi connectivity index (χ2v) is 10.9. The molecule has 0 spiro atoms. The molecule has 0 saturated heterocycles. The smallest absolute Gasteiger partial charge is 0.236 e. The minimum Gasteiger partial charge on any atom is -0.283 e. The van der Waals surface area contributed by atoms with Crippen LogP contribution >= 0.6 is 0 Å². The Morgan fingerprint density at radius 1 is 1.04 bits per heavy atom. The third-order valence-electron chi connectivity index (χ3n) is 4.71. The number of hydrogen-bond donors (Lipinski definition) is 1. The van der Waals surface area contributed by atoms with Crippen molar-refractivity contribution >= 4 is 31.4 Å². The molecule has 0 aliphatic carbocycles. The summed E-state index contributed by atoms with van der Waals surface area (Å²) in [6.07, 6.45) is 2.08. The number of rotatable bonds is 7. The summed E-state index contributed by atoms with van der Waals surface area (Å²) in [5.41, 5.74) is 3.65. The van der Waals surface area contributed by atoms with Gasteiger partial charge in [-0.15, -0.1) is 0 Å². The largest absolute Gasteiger partial charge is 0.283 e. The molecule has 1 heterocycles. The van der Waals surface area contributed by atoms with Crippen LogP contribution in [-0.2, 0) is 32.2 Å². The summed E-state index contributed by atoms with van der Waals surface area (Å²) in [4.78, 5) is 0. The van der Waals surface area contributed by atoms with E-state index in [1.165, 1.54) is 4.31 Å². The van der Waals surface area contributed by atoms with E-state index in [4.69, 9.17) is 0 Å². The van der Waals surface area contributed by atoms with Gasteiger partial charge in [0.1, 0.15) is 0 Å². The van der Waals surface area contributed by atoms with Gasteiger partial charge in [0, 0.05) is 6.54 Å². The van der Waals surface area contributed by atoms with Crippen molar-refractivity contribution in [3.05, 3.63) is 59.2 Å². The molecular formula is C20H26N2O4S2. The zero-order chi connectivity index (χ0) is 20.4. The van der Waals surface area contributed by atoms with Crippen LogP contribution < -0.4 is 9.03 Å². The third kappa shape index (κ3) is 4.86. The first-order chi connectivity index (χ1) is 13.2. The van der Waals surface area contributed by atoms with E-state index in [0.29, 0.717) is 29.9 Å². The highest BCUT2D eigenvalue weighted by atomic mass is 32.2. The molecule has 1 aliphatic heterocycles. The number of benzene rings is 2. The van der Waals surface area contributed by atoms with Crippen molar-refractivity contribution in [2.24, 2.45) is 0 Å². The average molecular weight is 423 g/mol. The lowest BCUT2D eigenvalue weighted by molar-refractivity contribution is 0.585. The maximum Gasteiger partial charge on any atom is 0.236 e. The molecule has 1 aliphatic rings. The van der Waals surface area contributed by atoms with E-state index in [9.17, 15) is 16.8 Å². The van der Waals surface area contributed by atoms with Crippen molar-refractivity contribution < 1.29 is 16.8 Å². The molecule has 8 heteroatoms. The molecule has 3 rings (SSSR count). The normalized spacial score (nSPS) is 14.6. The summed E-state index contributed by atoms with van der Waals surface area (Å²) >= 11 is 0. The van der Waals surface area contributed by atoms with Crippen LogP contribution in [0.4, 0.5) is 11.4 Å². The first kappa shape index (κ1) is 20.7. The van der Waals surface area contributed by atoms with E-state index < -0.39 is 20.0 Å². The van der Waals surface area contributed by atoms with Gasteiger partial charge in [0.25, 0.3) is 0 Å². The van der Waals surface area contributed by atoms with Crippen LogP contribution in [0.15, 0.2) is 42.5 Å². The molecule has 6 nitrogen and oxygen atoms in total. The van der Waals surface area contributed by atoms with Crippen molar-refractivity contribution in [3.63, 3.8) is 0 Å². The van der Waals surface area contributed by atoms with Gasteiger partial charge in [-0.2, -0.15) is 0 Å². The minimum atomic E-state index is -3.61. The van der Waals surface area contributed by atoms with Crippen LogP contribution in [0.3, 0.4) is 0 Å². The quantitative estimate of drug-likeness (QED) is 0.741. The number of sulfonamides is 2. The summed E-state index contributed by atoms with van der Waals surface area (Å²) < 4.78 is 54.3. The van der Waals surface area contributed by atoms with Gasteiger partial charge in [-0.25, -0.2) is 16.8 Å². The van der Waals surface area contributed by atoms with E-state index in [2.05, 4.69) is 4.72 Å². The van der Waals surface area contributed by atoms with Gasteiger partial charge in [-0.1, -0.05) is 42.8 Å². The first-order valence-electron chi connectivity index (χ1n) is 9.39. The fourth-order valence-corrected chi connectivity index (χ4v) is 6.18. The lowest BCUT2D eigenvalue weighted by atomic mass is 10.0. The molecule has 0 atom stereocenters. The second-order valence-electron chi connectivity index (χ2n) is 7.18. The molecular weight excluding hydrogens is 396 g/mol. The second kappa shape index (κ2) is 8.13. The zero-order valence-corrected chi connectivity index (χ0v) is 17.8. The van der Waals surface area contributed by atoms with Crippen LogP contribution in [-0.4, -0.2) is 29.1 Å². The maximum absolute atomic E-state index is 12.6. The van der Waals surface area contributed by atoms with Gasteiger partial charge in [0.15, 0.2) is 0 Å². The Labute approximate surface area is 167 Å². The summed E-state index contributed by atoms with van der Waals surface area (Å²) in [7, 11) is -7.01. The predicted molar refractivity (Wildman–Crippen MR) is 114 cm³/mol. The van der Waals surface area contributed by atoms with Crippen LogP contribution in [0.25, 0.3) is 0 Å². The summed E-state index contributed by atoms with van der Waals surface area (Å²) in [5.74, 6) is -0.0575. The SMILES string of the molecule is CCCS(=O)(=O)N1CCCc2ccc(NS(=O)(=O)Cc3ccc(C)cc3)cc21. The number of fused-ring (bicyclic) bond motifs is 1. The third-order valence-corrected chi connectivity index (χ3v) is 7.94. The molecule has 28 heavy (non-hydrogen) atoms. The molecule has 1 N–H and O–H groups in total. The highest BCUT2D eigenvalue weighted by molar-refractivity contribution is 7.92. The predicted octanol–water partition coefficient (Wildman–Crippen LogP) is 3.43. The fraction of sp³-hybridized carbons (Fsp3) is 0.400. The zero-order valence-electron chi connectivity index (χ0n) is 16.2. The molecule has 152 valence electrons. The van der Waals surface area contributed by atoms with Crippen molar-refractivity contribution in [2.75, 3.05) is 21.3 Å². The van der Waals surface area contributed by atoms with Crippen molar-refractivity contribution in [1.29, 1.82) is 0 Å². The van der Waals surface area contributed by atoms with Gasteiger partial charge < -0.3 is 0 Å². The van der Waals surface area contributed by atoms with E-state index in [1.807, 2.05) is 32.0 Å². The molecule has 0 amide bonds. The highest BCUT2D eigenvalue weighted by Gasteiger charge is 2.27. The van der Waals surface area contributed by atoms with E-state index >= 15 is 0 Å². The van der Waals surface area contributed by atoms with Gasteiger partial charge in [-0.05, 0) is 49.4 Å². The molecule has 0 radical (unpaired) electrons. The Hall–Kier alpha value is -2.06. The Balaban J connectivity index is 1.85. The summed E-state index contributed by atoms with van der Waals surface area (Å²) in [6, 6.07) is 12.5. The molecule has 0 bridgehead atoms. The lowest BCUT2D eigenvalue weighted by Gasteiger charge is -2.31. The Morgan fingerprint density at radius 3 is 2.43 bits per heavy atom. The number of anilines is 2. The molecule has 0 aromatic heterocycles. The summed E-state index contributed by atoms with van der Waals surface area (Å²) in [6.45, 7) is 4.20. The van der Waals surface area contributed by atoms with E-state index in [1.54, 1.807) is 24.3 Å². The Morgan fingerprint density at radius 2 is 1.75 bits per heavy atom. The molecule has 2 aromatic carbocycles. The van der Waals surface area contributed by atoms with E-state index in [0.717, 1.165) is 24.0 Å². The standard InChI is InChI=1S/C20H26N2O4S2/c1-3-13-28(25,26)22-12-4-5-18-10-11-19(14-20(18)22)21-27(23,24)15-17-8-6-16(2)7-9-17/h6-11,14,21H,3-5,12-13,15H2,1-2H3. The molecule has 0 fully saturated rings. The lowest BCUT2D eigenvalue weighted by Crippen LogP contribution is -2.37. The average Bonchev–Trinajstić information content (AvgIpc) is 2.62. The van der Waals surface area contributed by atoms with Gasteiger partial charge in [-0.3, -0.25) is 9.03 Å². The highest BCUT2D eigenvalue weighted by Crippen LogP contribution is 2.32. The van der Waals surface area contributed by atoms with E-state index in [-0.39, 0.29) is 11.5 Å². The molecule has 0 saturated carbocycles. The monoisotopic (exact) mass is 422 g/mol. The van der Waals surface area contributed by atoms with Crippen molar-refractivity contribution in [2.45, 2.75) is 38.9 Å². The van der Waals surface area contributed by atoms with Gasteiger partial charge in [0.05, 0.1) is 22.9 Å². The van der Waals surface area contributed by atoms with Crippen LogP contribution in [0.5, 0.6) is 0 Å². The Bertz CT molecular complexity index is 1050. The number of nitrogens with zero attached hydrogens (tertiary/aromatic N) is 1. The van der Waals surface area contributed by atoms with Crippen molar-refractivity contribution in [3.8, 4) is 0 Å². The molecule has 2 aromatic rings.